The maximum atomic E-state index is 12.8. The van der Waals surface area contributed by atoms with Gasteiger partial charge in [0.1, 0.15) is 24.4 Å². The van der Waals surface area contributed by atoms with Gasteiger partial charge in [-0.15, -0.1) is 5.10 Å². The number of hydrogen-bond acceptors (Lipinski definition) is 6. The molecule has 164 valence electrons. The third kappa shape index (κ3) is 4.85. The Morgan fingerprint density at radius 2 is 1.81 bits per heavy atom. The van der Waals surface area contributed by atoms with E-state index in [1.807, 2.05) is 63.2 Å². The highest BCUT2D eigenvalue weighted by Gasteiger charge is 2.22. The van der Waals surface area contributed by atoms with Crippen LogP contribution >= 0.6 is 0 Å². The van der Waals surface area contributed by atoms with Gasteiger partial charge in [-0.05, 0) is 44.9 Å². The van der Waals surface area contributed by atoms with E-state index in [1.165, 1.54) is 5.56 Å². The van der Waals surface area contributed by atoms with Gasteiger partial charge < -0.3 is 9.26 Å². The zero-order valence-electron chi connectivity index (χ0n) is 18.5. The summed E-state index contributed by atoms with van der Waals surface area (Å²) in [6, 6.07) is 14.1. The number of rotatable bonds is 7. The van der Waals surface area contributed by atoms with Crippen molar-refractivity contribution in [2.45, 2.75) is 40.8 Å². The van der Waals surface area contributed by atoms with Crippen LogP contribution < -0.4 is 10.1 Å². The maximum Gasteiger partial charge on any atom is 0.280 e. The van der Waals surface area contributed by atoms with Crippen molar-refractivity contribution in [3.8, 4) is 5.75 Å². The monoisotopic (exact) mass is 431 g/mol. The third-order valence-electron chi connectivity index (χ3n) is 5.13. The summed E-state index contributed by atoms with van der Waals surface area (Å²) in [6.45, 7) is 8.52. The van der Waals surface area contributed by atoms with Crippen LogP contribution in [-0.2, 0) is 13.2 Å². The minimum absolute atomic E-state index is 0.155. The molecular formula is C24H25N5O3. The number of nitrogens with one attached hydrogen (secondary N) is 1. The molecule has 4 aromatic rings. The molecule has 0 saturated heterocycles. The Labute approximate surface area is 186 Å². The SMILES string of the molecule is Cc1ccc(Cn2cnc(NC(=O)c3noc(C)c3COc3ccc(C)cc3C)n2)cc1. The number of benzene rings is 2. The van der Waals surface area contributed by atoms with Crippen molar-refractivity contribution in [2.24, 2.45) is 0 Å². The zero-order chi connectivity index (χ0) is 22.7. The number of amides is 1. The molecule has 2 heterocycles. The highest BCUT2D eigenvalue weighted by Crippen LogP contribution is 2.22. The molecule has 4 rings (SSSR count). The van der Waals surface area contributed by atoms with Gasteiger partial charge in [0.15, 0.2) is 5.69 Å². The topological polar surface area (TPSA) is 95.1 Å². The van der Waals surface area contributed by atoms with E-state index < -0.39 is 5.91 Å². The van der Waals surface area contributed by atoms with Crippen LogP contribution in [0.4, 0.5) is 5.95 Å². The lowest BCUT2D eigenvalue weighted by Crippen LogP contribution is -2.16. The van der Waals surface area contributed by atoms with E-state index >= 15 is 0 Å². The summed E-state index contributed by atoms with van der Waals surface area (Å²) in [5, 5.41) is 10.9. The number of ether oxygens (including phenoxy) is 1. The lowest BCUT2D eigenvalue weighted by Gasteiger charge is -2.10. The summed E-state index contributed by atoms with van der Waals surface area (Å²) in [7, 11) is 0. The summed E-state index contributed by atoms with van der Waals surface area (Å²) in [4.78, 5) is 17.0. The predicted molar refractivity (Wildman–Crippen MR) is 120 cm³/mol. The Hall–Kier alpha value is -3.94. The minimum atomic E-state index is -0.450. The molecule has 0 unspecified atom stereocenters. The normalized spacial score (nSPS) is 10.9. The summed E-state index contributed by atoms with van der Waals surface area (Å²) < 4.78 is 12.8. The summed E-state index contributed by atoms with van der Waals surface area (Å²) in [5.74, 6) is 1.02. The first kappa shape index (κ1) is 21.3. The fourth-order valence-corrected chi connectivity index (χ4v) is 3.32. The van der Waals surface area contributed by atoms with E-state index in [0.717, 1.165) is 22.4 Å². The largest absolute Gasteiger partial charge is 0.488 e. The molecule has 1 amide bonds. The van der Waals surface area contributed by atoms with Gasteiger partial charge in [0, 0.05) is 0 Å². The van der Waals surface area contributed by atoms with Gasteiger partial charge in [-0.25, -0.2) is 9.67 Å². The van der Waals surface area contributed by atoms with E-state index in [0.29, 0.717) is 17.9 Å². The summed E-state index contributed by atoms with van der Waals surface area (Å²) >= 11 is 0. The Bertz CT molecular complexity index is 1240. The molecule has 2 aromatic carbocycles. The van der Waals surface area contributed by atoms with Gasteiger partial charge in [-0.3, -0.25) is 10.1 Å². The van der Waals surface area contributed by atoms with Crippen molar-refractivity contribution < 1.29 is 14.1 Å². The first-order valence-corrected chi connectivity index (χ1v) is 10.3. The van der Waals surface area contributed by atoms with Crippen LogP contribution in [0, 0.1) is 27.7 Å². The first-order valence-electron chi connectivity index (χ1n) is 10.3. The molecule has 8 heteroatoms. The van der Waals surface area contributed by atoms with Crippen molar-refractivity contribution in [3.05, 3.63) is 88.1 Å². The molecule has 0 radical (unpaired) electrons. The van der Waals surface area contributed by atoms with Gasteiger partial charge in [-0.2, -0.15) is 0 Å². The fraction of sp³-hybridized carbons (Fsp3) is 0.250. The number of hydrogen-bond donors (Lipinski definition) is 1. The highest BCUT2D eigenvalue weighted by atomic mass is 16.5. The molecule has 0 fully saturated rings. The van der Waals surface area contributed by atoms with Gasteiger partial charge in [-0.1, -0.05) is 52.7 Å². The molecule has 0 aliphatic carbocycles. The van der Waals surface area contributed by atoms with Gasteiger partial charge >= 0.3 is 0 Å². The Morgan fingerprint density at radius 3 is 2.56 bits per heavy atom. The van der Waals surface area contributed by atoms with Crippen molar-refractivity contribution in [1.29, 1.82) is 0 Å². The lowest BCUT2D eigenvalue weighted by molar-refractivity contribution is 0.101. The number of aryl methyl sites for hydroxylation is 4. The molecule has 32 heavy (non-hydrogen) atoms. The van der Waals surface area contributed by atoms with Gasteiger partial charge in [0.05, 0.1) is 12.1 Å². The number of carbonyl (C=O) groups excluding carboxylic acids is 1. The van der Waals surface area contributed by atoms with E-state index in [-0.39, 0.29) is 18.2 Å². The first-order chi connectivity index (χ1) is 15.4. The predicted octanol–water partition coefficient (Wildman–Crippen LogP) is 4.38. The minimum Gasteiger partial charge on any atom is -0.488 e. The summed E-state index contributed by atoms with van der Waals surface area (Å²) in [5.41, 5.74) is 5.21. The second kappa shape index (κ2) is 9.05. The van der Waals surface area contributed by atoms with E-state index in [1.54, 1.807) is 17.9 Å². The lowest BCUT2D eigenvalue weighted by atomic mass is 10.1. The summed E-state index contributed by atoms with van der Waals surface area (Å²) in [6.07, 6.45) is 1.58. The van der Waals surface area contributed by atoms with Crippen LogP contribution in [0.3, 0.4) is 0 Å². The molecule has 0 spiro atoms. The van der Waals surface area contributed by atoms with E-state index in [4.69, 9.17) is 9.26 Å². The number of nitrogens with zero attached hydrogens (tertiary/aromatic N) is 4. The molecule has 0 aliphatic heterocycles. The molecule has 0 atom stereocenters. The average Bonchev–Trinajstić information content (AvgIpc) is 3.35. The average molecular weight is 431 g/mol. The molecular weight excluding hydrogens is 406 g/mol. The number of anilines is 1. The molecule has 0 aliphatic rings. The Kier molecular flexibility index (Phi) is 6.02. The van der Waals surface area contributed by atoms with Crippen LogP contribution in [0.15, 0.2) is 53.3 Å². The second-order valence-electron chi connectivity index (χ2n) is 7.83. The van der Waals surface area contributed by atoms with Crippen molar-refractivity contribution >= 4 is 11.9 Å². The Balaban J connectivity index is 1.43. The van der Waals surface area contributed by atoms with E-state index in [9.17, 15) is 4.79 Å². The highest BCUT2D eigenvalue weighted by molar-refractivity contribution is 6.02. The van der Waals surface area contributed by atoms with Crippen LogP contribution in [0.5, 0.6) is 5.75 Å². The smallest absolute Gasteiger partial charge is 0.280 e. The molecule has 2 aromatic heterocycles. The molecule has 1 N–H and O–H groups in total. The van der Waals surface area contributed by atoms with Crippen molar-refractivity contribution in [3.63, 3.8) is 0 Å². The van der Waals surface area contributed by atoms with Crippen LogP contribution in [0.25, 0.3) is 0 Å². The molecule has 0 bridgehead atoms. The van der Waals surface area contributed by atoms with Gasteiger partial charge in [0.2, 0.25) is 5.95 Å². The molecule has 0 saturated carbocycles. The van der Waals surface area contributed by atoms with Gasteiger partial charge in [0.25, 0.3) is 5.91 Å². The fourth-order valence-electron chi connectivity index (χ4n) is 3.32. The quantitative estimate of drug-likeness (QED) is 0.467. The third-order valence-corrected chi connectivity index (χ3v) is 5.13. The zero-order valence-corrected chi connectivity index (χ0v) is 18.5. The molecule has 8 nitrogen and oxygen atoms in total. The maximum absolute atomic E-state index is 12.8. The Morgan fingerprint density at radius 1 is 1.06 bits per heavy atom. The second-order valence-corrected chi connectivity index (χ2v) is 7.83. The van der Waals surface area contributed by atoms with Crippen LogP contribution in [0.1, 0.15) is 44.1 Å². The van der Waals surface area contributed by atoms with Crippen LogP contribution in [-0.4, -0.2) is 25.8 Å². The van der Waals surface area contributed by atoms with Crippen LogP contribution in [0.2, 0.25) is 0 Å². The van der Waals surface area contributed by atoms with Crippen molar-refractivity contribution in [1.82, 2.24) is 19.9 Å². The van der Waals surface area contributed by atoms with Crippen molar-refractivity contribution in [2.75, 3.05) is 5.32 Å². The number of carbonyl (C=O) groups is 1. The van der Waals surface area contributed by atoms with E-state index in [2.05, 4.69) is 20.6 Å². The number of aromatic nitrogens is 4. The standard InChI is InChI=1S/C24H25N5O3/c1-15-5-8-19(9-6-15)12-29-14-25-24(27-29)26-23(30)22-20(18(4)32-28-22)13-31-21-10-7-16(2)11-17(21)3/h5-11,14H,12-13H2,1-4H3,(H,26,27,30).